The minimum absolute atomic E-state index is 0.0936. The highest BCUT2D eigenvalue weighted by atomic mass is 19.1. The van der Waals surface area contributed by atoms with Crippen molar-refractivity contribution in [2.24, 2.45) is 0 Å². The maximum atomic E-state index is 13.7. The maximum Gasteiger partial charge on any atom is 0.269 e. The molecule has 0 saturated carbocycles. The Balaban J connectivity index is 1.72. The molecule has 2 aromatic rings. The van der Waals surface area contributed by atoms with Crippen molar-refractivity contribution in [3.05, 3.63) is 53.8 Å². The number of carbonyl (C=O) groups is 1. The standard InChI is InChI=1S/C16H14FNO3/c1-10-6-7-12(11(17)8-10)18-16(19)15-9-20-13-4-2-3-5-14(13)21-15/h2-8,15H,9H2,1H3,(H,18,19)/t15-/m0/s1. The van der Waals surface area contributed by atoms with Gasteiger partial charge in [-0.25, -0.2) is 4.39 Å². The molecule has 1 heterocycles. The number of fused-ring (bicyclic) bond motifs is 1. The highest BCUT2D eigenvalue weighted by molar-refractivity contribution is 5.94. The third-order valence-electron chi connectivity index (χ3n) is 3.18. The van der Waals surface area contributed by atoms with Crippen LogP contribution in [-0.2, 0) is 4.79 Å². The molecule has 5 heteroatoms. The van der Waals surface area contributed by atoms with Gasteiger partial charge in [0.25, 0.3) is 5.91 Å². The highest BCUT2D eigenvalue weighted by Crippen LogP contribution is 2.31. The van der Waals surface area contributed by atoms with Crippen molar-refractivity contribution in [1.82, 2.24) is 0 Å². The molecule has 0 spiro atoms. The summed E-state index contributed by atoms with van der Waals surface area (Å²) in [6.07, 6.45) is -0.805. The van der Waals surface area contributed by atoms with Crippen LogP contribution in [0.2, 0.25) is 0 Å². The number of aryl methyl sites for hydroxylation is 1. The summed E-state index contributed by atoms with van der Waals surface area (Å²) in [6.45, 7) is 1.88. The molecule has 108 valence electrons. The molecular weight excluding hydrogens is 273 g/mol. The molecule has 1 atom stereocenters. The van der Waals surface area contributed by atoms with Gasteiger partial charge < -0.3 is 14.8 Å². The topological polar surface area (TPSA) is 47.6 Å². The summed E-state index contributed by atoms with van der Waals surface area (Å²) in [5.74, 6) is 0.198. The molecule has 4 nitrogen and oxygen atoms in total. The third kappa shape index (κ3) is 2.81. The van der Waals surface area contributed by atoms with Crippen LogP contribution in [0.15, 0.2) is 42.5 Å². The SMILES string of the molecule is Cc1ccc(NC(=O)[C@@H]2COc3ccccc3O2)c(F)c1. The molecule has 21 heavy (non-hydrogen) atoms. The van der Waals surface area contributed by atoms with E-state index in [-0.39, 0.29) is 12.3 Å². The van der Waals surface area contributed by atoms with E-state index in [9.17, 15) is 9.18 Å². The second kappa shape index (κ2) is 5.44. The molecule has 0 aromatic heterocycles. The number of carbonyl (C=O) groups excluding carboxylic acids is 1. The molecule has 1 N–H and O–H groups in total. The van der Waals surface area contributed by atoms with E-state index < -0.39 is 17.8 Å². The Labute approximate surface area is 121 Å². The van der Waals surface area contributed by atoms with E-state index >= 15 is 0 Å². The van der Waals surface area contributed by atoms with Gasteiger partial charge in [0.2, 0.25) is 6.10 Å². The lowest BCUT2D eigenvalue weighted by atomic mass is 10.2. The van der Waals surface area contributed by atoms with Gasteiger partial charge in [-0.3, -0.25) is 4.79 Å². The monoisotopic (exact) mass is 287 g/mol. The van der Waals surface area contributed by atoms with Gasteiger partial charge in [0.05, 0.1) is 5.69 Å². The number of hydrogen-bond donors (Lipinski definition) is 1. The molecule has 0 bridgehead atoms. The molecule has 0 aliphatic carbocycles. The average molecular weight is 287 g/mol. The highest BCUT2D eigenvalue weighted by Gasteiger charge is 2.27. The summed E-state index contributed by atoms with van der Waals surface area (Å²) < 4.78 is 24.8. The van der Waals surface area contributed by atoms with Crippen LogP contribution in [0.25, 0.3) is 0 Å². The first-order chi connectivity index (χ1) is 10.1. The van der Waals surface area contributed by atoms with Crippen LogP contribution in [0.5, 0.6) is 11.5 Å². The Morgan fingerprint density at radius 3 is 2.76 bits per heavy atom. The van der Waals surface area contributed by atoms with Crippen molar-refractivity contribution >= 4 is 11.6 Å². The molecule has 2 aromatic carbocycles. The van der Waals surface area contributed by atoms with E-state index in [2.05, 4.69) is 5.32 Å². The minimum Gasteiger partial charge on any atom is -0.485 e. The normalized spacial score (nSPS) is 16.4. The largest absolute Gasteiger partial charge is 0.485 e. The van der Waals surface area contributed by atoms with Crippen LogP contribution in [0.4, 0.5) is 10.1 Å². The third-order valence-corrected chi connectivity index (χ3v) is 3.18. The maximum absolute atomic E-state index is 13.7. The summed E-state index contributed by atoms with van der Waals surface area (Å²) in [5, 5.41) is 2.52. The van der Waals surface area contributed by atoms with Gasteiger partial charge in [-0.2, -0.15) is 0 Å². The zero-order chi connectivity index (χ0) is 14.8. The number of hydrogen-bond acceptors (Lipinski definition) is 3. The fourth-order valence-corrected chi connectivity index (χ4v) is 2.08. The lowest BCUT2D eigenvalue weighted by Crippen LogP contribution is -2.40. The van der Waals surface area contributed by atoms with Crippen LogP contribution in [-0.4, -0.2) is 18.6 Å². The van der Waals surface area contributed by atoms with Gasteiger partial charge in [-0.05, 0) is 36.8 Å². The second-order valence-electron chi connectivity index (χ2n) is 4.84. The minimum atomic E-state index is -0.805. The van der Waals surface area contributed by atoms with E-state index in [1.807, 2.05) is 6.07 Å². The van der Waals surface area contributed by atoms with E-state index in [0.717, 1.165) is 5.56 Å². The average Bonchev–Trinajstić information content (AvgIpc) is 2.49. The number of nitrogens with one attached hydrogen (secondary N) is 1. The van der Waals surface area contributed by atoms with Crippen LogP contribution in [0.1, 0.15) is 5.56 Å². The fourth-order valence-electron chi connectivity index (χ4n) is 2.08. The molecule has 0 fully saturated rings. The number of amides is 1. The summed E-state index contributed by atoms with van der Waals surface area (Å²) in [5.41, 5.74) is 0.921. The predicted molar refractivity (Wildman–Crippen MR) is 76.1 cm³/mol. The first-order valence-electron chi connectivity index (χ1n) is 6.59. The number of ether oxygens (including phenoxy) is 2. The molecule has 0 saturated heterocycles. The lowest BCUT2D eigenvalue weighted by Gasteiger charge is -2.25. The summed E-state index contributed by atoms with van der Waals surface area (Å²) in [7, 11) is 0. The van der Waals surface area contributed by atoms with E-state index in [1.165, 1.54) is 12.1 Å². The summed E-state index contributed by atoms with van der Waals surface area (Å²) >= 11 is 0. The van der Waals surface area contributed by atoms with Crippen molar-refractivity contribution in [2.45, 2.75) is 13.0 Å². The first-order valence-corrected chi connectivity index (χ1v) is 6.59. The Morgan fingerprint density at radius 1 is 1.24 bits per heavy atom. The van der Waals surface area contributed by atoms with Crippen LogP contribution >= 0.6 is 0 Å². The number of rotatable bonds is 2. The number of benzene rings is 2. The Kier molecular flexibility index (Phi) is 3.48. The van der Waals surface area contributed by atoms with Gasteiger partial charge in [0, 0.05) is 0 Å². The molecule has 1 amide bonds. The second-order valence-corrected chi connectivity index (χ2v) is 4.84. The van der Waals surface area contributed by atoms with Gasteiger partial charge in [0.1, 0.15) is 12.4 Å². The van der Waals surface area contributed by atoms with Gasteiger partial charge >= 0.3 is 0 Å². The molecule has 1 aliphatic heterocycles. The quantitative estimate of drug-likeness (QED) is 0.924. The number of anilines is 1. The Morgan fingerprint density at radius 2 is 2.00 bits per heavy atom. The zero-order valence-electron chi connectivity index (χ0n) is 11.4. The van der Waals surface area contributed by atoms with Crippen molar-refractivity contribution < 1.29 is 18.7 Å². The van der Waals surface area contributed by atoms with E-state index in [4.69, 9.17) is 9.47 Å². The van der Waals surface area contributed by atoms with E-state index in [1.54, 1.807) is 31.2 Å². The molecular formula is C16H14FNO3. The molecule has 3 rings (SSSR count). The smallest absolute Gasteiger partial charge is 0.269 e. The van der Waals surface area contributed by atoms with Gasteiger partial charge in [-0.1, -0.05) is 18.2 Å². The van der Waals surface area contributed by atoms with Crippen LogP contribution in [0.3, 0.4) is 0 Å². The predicted octanol–water partition coefficient (Wildman–Crippen LogP) is 2.91. The fraction of sp³-hybridized carbons (Fsp3) is 0.188. The Hall–Kier alpha value is -2.56. The van der Waals surface area contributed by atoms with Crippen molar-refractivity contribution in [3.8, 4) is 11.5 Å². The van der Waals surface area contributed by atoms with Crippen LogP contribution < -0.4 is 14.8 Å². The van der Waals surface area contributed by atoms with E-state index in [0.29, 0.717) is 11.5 Å². The molecule has 0 radical (unpaired) electrons. The number of halogens is 1. The molecule has 0 unspecified atom stereocenters. The van der Waals surface area contributed by atoms with Gasteiger partial charge in [-0.15, -0.1) is 0 Å². The summed E-state index contributed by atoms with van der Waals surface area (Å²) in [4.78, 5) is 12.1. The lowest BCUT2D eigenvalue weighted by molar-refractivity contribution is -0.125. The van der Waals surface area contributed by atoms with Gasteiger partial charge in [0.15, 0.2) is 11.5 Å². The summed E-state index contributed by atoms with van der Waals surface area (Å²) in [6, 6.07) is 11.7. The Bertz CT molecular complexity index is 687. The van der Waals surface area contributed by atoms with Crippen molar-refractivity contribution in [3.63, 3.8) is 0 Å². The zero-order valence-corrected chi connectivity index (χ0v) is 11.4. The van der Waals surface area contributed by atoms with Crippen molar-refractivity contribution in [2.75, 3.05) is 11.9 Å². The first kappa shape index (κ1) is 13.4. The molecule has 1 aliphatic rings. The number of para-hydroxylation sites is 2. The van der Waals surface area contributed by atoms with Crippen molar-refractivity contribution in [1.29, 1.82) is 0 Å². The van der Waals surface area contributed by atoms with Crippen LogP contribution in [0, 0.1) is 12.7 Å².